The van der Waals surface area contributed by atoms with Crippen LogP contribution in [0.25, 0.3) is 6.08 Å². The van der Waals surface area contributed by atoms with E-state index in [-0.39, 0.29) is 33.3 Å². The minimum atomic E-state index is -0.538. The molecule has 0 bridgehead atoms. The zero-order valence-corrected chi connectivity index (χ0v) is 18.0. The number of rotatable bonds is 6. The van der Waals surface area contributed by atoms with E-state index in [1.165, 1.54) is 24.2 Å². The molecule has 0 spiro atoms. The van der Waals surface area contributed by atoms with Gasteiger partial charge < -0.3 is 4.74 Å². The standard InChI is InChI=1S/C21H18FN3O4S2/c1-29-16-9-5-3-7-14(16)19(27)24-23-18(26)10-11-25-20(28)17(31-21(25)30)12-13-6-2-4-8-15(13)22/h2-9,12H,10-11H2,1H3,(H,23,26)(H,24,27). The second-order valence-corrected chi connectivity index (χ2v) is 7.98. The summed E-state index contributed by atoms with van der Waals surface area (Å²) in [6.07, 6.45) is 1.34. The van der Waals surface area contributed by atoms with Gasteiger partial charge in [0.05, 0.1) is 17.6 Å². The van der Waals surface area contributed by atoms with Crippen LogP contribution < -0.4 is 15.6 Å². The van der Waals surface area contributed by atoms with Crippen molar-refractivity contribution in [3.8, 4) is 5.75 Å². The van der Waals surface area contributed by atoms with Gasteiger partial charge in [-0.2, -0.15) is 0 Å². The van der Waals surface area contributed by atoms with Gasteiger partial charge in [0.2, 0.25) is 5.91 Å². The lowest BCUT2D eigenvalue weighted by Gasteiger charge is -2.14. The molecule has 160 valence electrons. The molecule has 1 aliphatic heterocycles. The van der Waals surface area contributed by atoms with Crippen molar-refractivity contribution in [2.75, 3.05) is 13.7 Å². The first-order valence-electron chi connectivity index (χ1n) is 9.13. The van der Waals surface area contributed by atoms with Crippen LogP contribution in [0.3, 0.4) is 0 Å². The Morgan fingerprint density at radius 3 is 2.61 bits per heavy atom. The maximum absolute atomic E-state index is 13.8. The summed E-state index contributed by atoms with van der Waals surface area (Å²) in [5.74, 6) is -1.52. The smallest absolute Gasteiger partial charge is 0.273 e. The van der Waals surface area contributed by atoms with E-state index in [4.69, 9.17) is 17.0 Å². The number of methoxy groups -OCH3 is 1. The van der Waals surface area contributed by atoms with E-state index in [9.17, 15) is 18.8 Å². The molecule has 3 rings (SSSR count). The molecule has 2 N–H and O–H groups in total. The molecule has 0 aromatic heterocycles. The van der Waals surface area contributed by atoms with Crippen LogP contribution in [0.4, 0.5) is 4.39 Å². The van der Waals surface area contributed by atoms with Crippen LogP contribution in [-0.4, -0.2) is 40.6 Å². The fourth-order valence-electron chi connectivity index (χ4n) is 2.73. The van der Waals surface area contributed by atoms with Crippen LogP contribution in [0.2, 0.25) is 0 Å². The molecule has 7 nitrogen and oxygen atoms in total. The molecule has 0 saturated carbocycles. The van der Waals surface area contributed by atoms with Gasteiger partial charge in [-0.1, -0.05) is 54.3 Å². The Morgan fingerprint density at radius 2 is 1.87 bits per heavy atom. The lowest BCUT2D eigenvalue weighted by atomic mass is 10.2. The Labute approximate surface area is 187 Å². The SMILES string of the molecule is COc1ccccc1C(=O)NNC(=O)CCN1C(=O)C(=Cc2ccccc2F)SC1=S. The quantitative estimate of drug-likeness (QED) is 0.392. The number of carbonyl (C=O) groups excluding carboxylic acids is 3. The molecule has 0 unspecified atom stereocenters. The number of benzene rings is 2. The number of nitrogens with one attached hydrogen (secondary N) is 2. The monoisotopic (exact) mass is 459 g/mol. The number of para-hydroxylation sites is 1. The molecule has 0 aliphatic carbocycles. The highest BCUT2D eigenvalue weighted by atomic mass is 32.2. The molecule has 10 heteroatoms. The molecule has 3 amide bonds. The first-order chi connectivity index (χ1) is 14.9. The fourth-order valence-corrected chi connectivity index (χ4v) is 4.03. The highest BCUT2D eigenvalue weighted by Crippen LogP contribution is 2.32. The number of hydrogen-bond acceptors (Lipinski definition) is 6. The van der Waals surface area contributed by atoms with Crippen molar-refractivity contribution in [1.29, 1.82) is 0 Å². The van der Waals surface area contributed by atoms with Crippen LogP contribution in [0.15, 0.2) is 53.4 Å². The largest absolute Gasteiger partial charge is 0.496 e. The van der Waals surface area contributed by atoms with Gasteiger partial charge >= 0.3 is 0 Å². The van der Waals surface area contributed by atoms with Gasteiger partial charge in [-0.05, 0) is 24.3 Å². The lowest BCUT2D eigenvalue weighted by Crippen LogP contribution is -2.43. The van der Waals surface area contributed by atoms with Crippen molar-refractivity contribution in [2.45, 2.75) is 6.42 Å². The Morgan fingerprint density at radius 1 is 1.16 bits per heavy atom. The number of amides is 3. The lowest BCUT2D eigenvalue weighted by molar-refractivity contribution is -0.124. The molecule has 31 heavy (non-hydrogen) atoms. The average molecular weight is 460 g/mol. The molecule has 1 aliphatic rings. The van der Waals surface area contributed by atoms with Crippen molar-refractivity contribution in [3.05, 3.63) is 70.4 Å². The summed E-state index contributed by atoms with van der Waals surface area (Å²) in [4.78, 5) is 38.4. The van der Waals surface area contributed by atoms with Gasteiger partial charge in [0, 0.05) is 18.5 Å². The molecule has 1 saturated heterocycles. The summed E-state index contributed by atoms with van der Waals surface area (Å²) in [7, 11) is 1.44. The predicted molar refractivity (Wildman–Crippen MR) is 119 cm³/mol. The van der Waals surface area contributed by atoms with E-state index in [1.807, 2.05) is 0 Å². The topological polar surface area (TPSA) is 87.7 Å². The number of ether oxygens (including phenoxy) is 1. The number of nitrogens with zero attached hydrogens (tertiary/aromatic N) is 1. The van der Waals surface area contributed by atoms with Crippen LogP contribution in [-0.2, 0) is 9.59 Å². The third kappa shape index (κ3) is 5.47. The van der Waals surface area contributed by atoms with E-state index in [2.05, 4.69) is 10.9 Å². The Bertz CT molecular complexity index is 1070. The Hall–Kier alpha value is -3.24. The normalized spacial score (nSPS) is 14.6. The fraction of sp³-hybridized carbons (Fsp3) is 0.143. The minimum absolute atomic E-state index is 0.0235. The second kappa shape index (κ2) is 10.2. The van der Waals surface area contributed by atoms with Gasteiger partial charge in [0.25, 0.3) is 11.8 Å². The number of hydrogen-bond donors (Lipinski definition) is 2. The number of thiocarbonyl (C=S) groups is 1. The van der Waals surface area contributed by atoms with Crippen molar-refractivity contribution in [2.24, 2.45) is 0 Å². The first kappa shape index (κ1) is 22.4. The number of thioether (sulfide) groups is 1. The molecule has 1 heterocycles. The van der Waals surface area contributed by atoms with Crippen molar-refractivity contribution in [1.82, 2.24) is 15.8 Å². The van der Waals surface area contributed by atoms with Crippen molar-refractivity contribution in [3.63, 3.8) is 0 Å². The maximum Gasteiger partial charge on any atom is 0.273 e. The van der Waals surface area contributed by atoms with E-state index in [1.54, 1.807) is 42.5 Å². The van der Waals surface area contributed by atoms with Crippen LogP contribution in [0, 0.1) is 5.82 Å². The third-order valence-electron chi connectivity index (χ3n) is 4.29. The molecule has 2 aromatic carbocycles. The van der Waals surface area contributed by atoms with E-state index < -0.39 is 23.5 Å². The number of carbonyl (C=O) groups is 3. The van der Waals surface area contributed by atoms with Gasteiger partial charge in [0.1, 0.15) is 15.9 Å². The molecule has 2 aromatic rings. The molecule has 0 atom stereocenters. The maximum atomic E-state index is 13.8. The van der Waals surface area contributed by atoms with Gasteiger partial charge in [0.15, 0.2) is 0 Å². The third-order valence-corrected chi connectivity index (χ3v) is 5.67. The first-order valence-corrected chi connectivity index (χ1v) is 10.3. The summed E-state index contributed by atoms with van der Waals surface area (Å²) >= 11 is 6.26. The highest BCUT2D eigenvalue weighted by Gasteiger charge is 2.32. The zero-order valence-electron chi connectivity index (χ0n) is 16.4. The van der Waals surface area contributed by atoms with Crippen LogP contribution >= 0.6 is 24.0 Å². The van der Waals surface area contributed by atoms with E-state index in [0.29, 0.717) is 5.75 Å². The molecular formula is C21H18FN3O4S2. The second-order valence-electron chi connectivity index (χ2n) is 6.31. The van der Waals surface area contributed by atoms with Crippen LogP contribution in [0.1, 0.15) is 22.3 Å². The number of hydrazine groups is 1. The van der Waals surface area contributed by atoms with Gasteiger partial charge in [-0.15, -0.1) is 0 Å². The summed E-state index contributed by atoms with van der Waals surface area (Å²) in [5, 5.41) is 0. The number of halogens is 1. The van der Waals surface area contributed by atoms with Crippen LogP contribution in [0.5, 0.6) is 5.75 Å². The predicted octanol–water partition coefficient (Wildman–Crippen LogP) is 2.89. The Kier molecular flexibility index (Phi) is 7.37. The molecule has 0 radical (unpaired) electrons. The van der Waals surface area contributed by atoms with Crippen molar-refractivity contribution >= 4 is 52.1 Å². The molecular weight excluding hydrogens is 441 g/mol. The summed E-state index contributed by atoms with van der Waals surface area (Å²) < 4.78 is 19.2. The Balaban J connectivity index is 1.54. The summed E-state index contributed by atoms with van der Waals surface area (Å²) in [5.41, 5.74) is 5.15. The molecule has 1 fully saturated rings. The van der Waals surface area contributed by atoms with E-state index in [0.717, 1.165) is 11.8 Å². The summed E-state index contributed by atoms with van der Waals surface area (Å²) in [6, 6.07) is 12.7. The summed E-state index contributed by atoms with van der Waals surface area (Å²) in [6.45, 7) is 0.0235. The van der Waals surface area contributed by atoms with Gasteiger partial charge in [-0.3, -0.25) is 30.1 Å². The van der Waals surface area contributed by atoms with Gasteiger partial charge in [-0.25, -0.2) is 4.39 Å². The average Bonchev–Trinajstić information content (AvgIpc) is 3.04. The van der Waals surface area contributed by atoms with Crippen molar-refractivity contribution < 1.29 is 23.5 Å². The zero-order chi connectivity index (χ0) is 22.4. The minimum Gasteiger partial charge on any atom is -0.496 e. The highest BCUT2D eigenvalue weighted by molar-refractivity contribution is 8.26. The van der Waals surface area contributed by atoms with E-state index >= 15 is 0 Å².